The van der Waals surface area contributed by atoms with Gasteiger partial charge in [-0.1, -0.05) is 369 Å². The summed E-state index contributed by atoms with van der Waals surface area (Å²) < 4.78 is 34.5. The molecule has 0 radical (unpaired) electrons. The van der Waals surface area contributed by atoms with E-state index in [9.17, 15) is 24.3 Å². The number of carbonyl (C=O) groups is 4. The Balaban J connectivity index is 1.05. The van der Waals surface area contributed by atoms with E-state index in [1.165, 1.54) is 308 Å². The molecule has 0 aromatic rings. The molecule has 0 spiro atoms. The first-order valence-corrected chi connectivity index (χ1v) is 44.1. The van der Waals surface area contributed by atoms with E-state index < -0.39 is 12.2 Å². The summed E-state index contributed by atoms with van der Waals surface area (Å²) in [7, 11) is 0. The summed E-state index contributed by atoms with van der Waals surface area (Å²) in [5, 5.41) is 16.2. The van der Waals surface area contributed by atoms with Crippen molar-refractivity contribution in [2.45, 2.75) is 463 Å². The molecule has 4 heterocycles. The Morgan fingerprint density at radius 3 is 0.860 bits per heavy atom. The average molecular weight is 1410 g/mol. The summed E-state index contributed by atoms with van der Waals surface area (Å²) in [6.45, 7) is 14.1. The molecular weight excluding hydrogens is 1250 g/mol. The second-order valence-electron chi connectivity index (χ2n) is 32.4. The number of amides is 2. The lowest BCUT2D eigenvalue weighted by Crippen LogP contribution is -2.34. The van der Waals surface area contributed by atoms with Crippen molar-refractivity contribution >= 4 is 23.8 Å². The van der Waals surface area contributed by atoms with E-state index in [1.54, 1.807) is 0 Å². The Hall–Kier alpha value is -2.32. The van der Waals surface area contributed by atoms with Gasteiger partial charge >= 0.3 is 11.9 Å². The fourth-order valence-corrected chi connectivity index (χ4v) is 17.1. The molecule has 2 amide bonds. The van der Waals surface area contributed by atoms with Gasteiger partial charge in [-0.3, -0.25) is 19.2 Å². The van der Waals surface area contributed by atoms with Gasteiger partial charge < -0.3 is 44.2 Å². The first-order valence-electron chi connectivity index (χ1n) is 44.1. The van der Waals surface area contributed by atoms with Crippen LogP contribution in [0.3, 0.4) is 0 Å². The van der Waals surface area contributed by atoms with Gasteiger partial charge in [0.25, 0.3) is 0 Å². The van der Waals surface area contributed by atoms with Crippen molar-refractivity contribution in [1.29, 1.82) is 0 Å². The number of hydrogen-bond donors (Lipinski definition) is 3. The number of fused-ring (bicyclic) bond motifs is 2. The fourth-order valence-electron chi connectivity index (χ4n) is 17.1. The number of ether oxygens (including phenoxy) is 6. The second-order valence-corrected chi connectivity index (χ2v) is 32.4. The van der Waals surface area contributed by atoms with Crippen LogP contribution in [0.1, 0.15) is 420 Å². The quantitative estimate of drug-likeness (QED) is 0.0392. The third-order valence-corrected chi connectivity index (χ3v) is 23.5. The normalized spacial score (nSPS) is 21.5. The molecule has 4 saturated heterocycles. The Kier molecular flexibility index (Phi) is 55.7. The zero-order valence-electron chi connectivity index (χ0n) is 66.1. The maximum atomic E-state index is 12.8. The highest BCUT2D eigenvalue weighted by atomic mass is 16.6. The molecule has 4 aliphatic rings. The highest BCUT2D eigenvalue weighted by Gasteiger charge is 2.49. The standard InChI is InChI=1S/C87H162N2O11/c1-6-10-14-18-30-42-54-73(75(56-44-32-20-16-12-8-3)60-48-36-24-28-40-52-64-82(93)99-78-70-97-84-72(5)68-95-86(78)84)58-46-34-22-26-38-50-62-80(91)88-66-67-89-81(92)63-51-39-27-23-35-47-59-74(55-43-31-19-15-11-7-2)76(57-45-33-21-17-13-9-4)61-49-37-25-29-41-53-65-83(94)100-79-71-98-85-77(90)69-96-87(79)85/h72-79,84-87,90H,6-71H2,1-5H3,(H,88,91)(H,89,92)/t72-,73?,74?,75?,76?,77-,78+,79+,84?,85?,86?,87?/m1/s1. The van der Waals surface area contributed by atoms with Crippen LogP contribution in [-0.2, 0) is 47.6 Å². The van der Waals surface area contributed by atoms with Crippen LogP contribution in [0.25, 0.3) is 0 Å². The van der Waals surface area contributed by atoms with Crippen molar-refractivity contribution in [3.63, 3.8) is 0 Å². The van der Waals surface area contributed by atoms with Gasteiger partial charge in [0.15, 0.2) is 12.2 Å². The smallest absolute Gasteiger partial charge is 0.306 e. The Labute approximate surface area is 615 Å². The maximum absolute atomic E-state index is 12.8. The van der Waals surface area contributed by atoms with Crippen LogP contribution in [0.2, 0.25) is 0 Å². The minimum absolute atomic E-state index is 0.0717. The third-order valence-electron chi connectivity index (χ3n) is 23.5. The summed E-state index contributed by atoms with van der Waals surface area (Å²) in [6.07, 6.45) is 72.4. The van der Waals surface area contributed by atoms with Crippen molar-refractivity contribution in [3.8, 4) is 0 Å². The van der Waals surface area contributed by atoms with E-state index in [-0.39, 0.29) is 60.9 Å². The van der Waals surface area contributed by atoms with Crippen LogP contribution in [0.5, 0.6) is 0 Å². The van der Waals surface area contributed by atoms with Gasteiger partial charge in [0.05, 0.1) is 32.5 Å². The zero-order valence-corrected chi connectivity index (χ0v) is 66.1. The molecule has 0 bridgehead atoms. The van der Waals surface area contributed by atoms with Gasteiger partial charge in [0.2, 0.25) is 11.8 Å². The van der Waals surface area contributed by atoms with Crippen molar-refractivity contribution in [3.05, 3.63) is 0 Å². The van der Waals surface area contributed by atoms with Crippen molar-refractivity contribution in [2.24, 2.45) is 29.6 Å². The van der Waals surface area contributed by atoms with Crippen molar-refractivity contribution in [1.82, 2.24) is 10.6 Å². The largest absolute Gasteiger partial charge is 0.457 e. The molecule has 4 rings (SSSR count). The molecule has 3 N–H and O–H groups in total. The molecule has 12 atom stereocenters. The first kappa shape index (κ1) is 90.1. The van der Waals surface area contributed by atoms with Crippen LogP contribution in [0.4, 0.5) is 0 Å². The van der Waals surface area contributed by atoms with Gasteiger partial charge in [-0.25, -0.2) is 0 Å². The van der Waals surface area contributed by atoms with E-state index in [0.29, 0.717) is 64.5 Å². The monoisotopic (exact) mass is 1410 g/mol. The SMILES string of the molecule is CCCCCCCCC(CCCCCCCCC(=O)NCCNC(=O)CCCCCCCCC(CCCCCCCC)C(CCCCCCCC)CCCCCCCCC(=O)O[C@H]1COC2C1OC[C@H]2O)C(CCCCCCCC)CCCCCCCCC(=O)O[C@H]1COC2C1OC[C@H]2C. The molecule has 4 fully saturated rings. The first-order chi connectivity index (χ1) is 49.1. The molecule has 13 nitrogen and oxygen atoms in total. The lowest BCUT2D eigenvalue weighted by Gasteiger charge is -2.28. The molecule has 0 saturated carbocycles. The second kappa shape index (κ2) is 61.8. The molecule has 4 aliphatic heterocycles. The van der Waals surface area contributed by atoms with E-state index in [0.717, 1.165) is 75.0 Å². The zero-order chi connectivity index (χ0) is 71.6. The van der Waals surface area contributed by atoms with Crippen LogP contribution >= 0.6 is 0 Å². The van der Waals surface area contributed by atoms with E-state index in [2.05, 4.69) is 45.3 Å². The lowest BCUT2D eigenvalue weighted by atomic mass is 9.78. The molecule has 586 valence electrons. The number of rotatable bonds is 71. The van der Waals surface area contributed by atoms with Gasteiger partial charge in [-0.15, -0.1) is 0 Å². The van der Waals surface area contributed by atoms with E-state index in [1.807, 2.05) is 0 Å². The topological polar surface area (TPSA) is 168 Å². The number of hydrogen-bond acceptors (Lipinski definition) is 11. The lowest BCUT2D eigenvalue weighted by molar-refractivity contribution is -0.154. The molecule has 13 heteroatoms. The average Bonchev–Trinajstić information content (AvgIpc) is 1.67. The minimum Gasteiger partial charge on any atom is -0.457 e. The highest BCUT2D eigenvalue weighted by molar-refractivity contribution is 5.77. The number of aliphatic hydroxyl groups is 1. The molecule has 100 heavy (non-hydrogen) atoms. The molecule has 0 aromatic carbocycles. The van der Waals surface area contributed by atoms with Crippen molar-refractivity contribution in [2.75, 3.05) is 39.5 Å². The summed E-state index contributed by atoms with van der Waals surface area (Å²) in [5.41, 5.74) is 0. The van der Waals surface area contributed by atoms with Crippen LogP contribution in [0.15, 0.2) is 0 Å². The fraction of sp³-hybridized carbons (Fsp3) is 0.954. The molecule has 8 unspecified atom stereocenters. The molecule has 0 aromatic heterocycles. The van der Waals surface area contributed by atoms with Crippen molar-refractivity contribution < 1.29 is 52.7 Å². The maximum Gasteiger partial charge on any atom is 0.306 e. The number of unbranched alkanes of at least 4 members (excludes halogenated alkanes) is 40. The molecular formula is C87H162N2O11. The molecule has 0 aliphatic carbocycles. The third kappa shape index (κ3) is 43.3. The van der Waals surface area contributed by atoms with E-state index in [4.69, 9.17) is 28.4 Å². The summed E-state index contributed by atoms with van der Waals surface area (Å²) in [6, 6.07) is 0. The summed E-state index contributed by atoms with van der Waals surface area (Å²) >= 11 is 0. The van der Waals surface area contributed by atoms with Crippen LogP contribution in [0, 0.1) is 29.6 Å². The highest BCUT2D eigenvalue weighted by Crippen LogP contribution is 2.37. The summed E-state index contributed by atoms with van der Waals surface area (Å²) in [5.74, 6) is 3.69. The Bertz CT molecular complexity index is 1810. The Morgan fingerprint density at radius 2 is 0.550 bits per heavy atom. The van der Waals surface area contributed by atoms with Gasteiger partial charge in [0, 0.05) is 44.7 Å². The number of aliphatic hydroxyl groups excluding tert-OH is 1. The number of esters is 2. The predicted octanol–water partition coefficient (Wildman–Crippen LogP) is 22.6. The van der Waals surface area contributed by atoms with Gasteiger partial charge in [-0.2, -0.15) is 0 Å². The summed E-state index contributed by atoms with van der Waals surface area (Å²) in [4.78, 5) is 50.8. The Morgan fingerprint density at radius 1 is 0.310 bits per heavy atom. The van der Waals surface area contributed by atoms with Crippen LogP contribution in [-0.4, -0.2) is 111 Å². The van der Waals surface area contributed by atoms with Crippen LogP contribution < -0.4 is 10.6 Å². The van der Waals surface area contributed by atoms with Gasteiger partial charge in [0.1, 0.15) is 24.4 Å². The minimum atomic E-state index is -0.632. The number of carbonyl (C=O) groups excluding carboxylic acids is 4. The predicted molar refractivity (Wildman–Crippen MR) is 414 cm³/mol. The number of nitrogens with one attached hydrogen (secondary N) is 2. The van der Waals surface area contributed by atoms with E-state index >= 15 is 0 Å². The van der Waals surface area contributed by atoms with Gasteiger partial charge in [-0.05, 0) is 49.4 Å².